The number of anilines is 1. The SMILES string of the molecule is C[C@@H]1CN(c2nccc(-c3ccc4cnc(CNC(=O)c5cc(F)c6c(c5)S(=O)(=O)[C@@H](F)CCO6)cc4c3)n2)C[C@H](C)O1. The number of carbonyl (C=O) groups is 1. The third kappa shape index (κ3) is 5.87. The number of nitrogens with zero attached hydrogens (tertiary/aromatic N) is 4. The van der Waals surface area contributed by atoms with Gasteiger partial charge < -0.3 is 19.7 Å². The number of morpholine rings is 1. The van der Waals surface area contributed by atoms with E-state index in [0.717, 1.165) is 34.2 Å². The first-order chi connectivity index (χ1) is 20.6. The Balaban J connectivity index is 1.21. The highest BCUT2D eigenvalue weighted by molar-refractivity contribution is 7.92. The van der Waals surface area contributed by atoms with Crippen molar-refractivity contribution in [3.05, 3.63) is 71.9 Å². The molecule has 0 radical (unpaired) electrons. The first-order valence-electron chi connectivity index (χ1n) is 13.8. The largest absolute Gasteiger partial charge is 0.489 e. The summed E-state index contributed by atoms with van der Waals surface area (Å²) in [6, 6.07) is 11.3. The Morgan fingerprint density at radius 3 is 2.65 bits per heavy atom. The molecular weight excluding hydrogens is 580 g/mol. The molecule has 4 heterocycles. The topological polar surface area (TPSA) is 124 Å². The van der Waals surface area contributed by atoms with Crippen molar-refractivity contribution in [1.29, 1.82) is 0 Å². The van der Waals surface area contributed by atoms with Crippen molar-refractivity contribution in [3.8, 4) is 17.0 Å². The molecule has 1 fully saturated rings. The lowest BCUT2D eigenvalue weighted by Crippen LogP contribution is -2.46. The molecule has 0 aliphatic carbocycles. The molecule has 224 valence electrons. The van der Waals surface area contributed by atoms with E-state index in [4.69, 9.17) is 14.5 Å². The second-order valence-corrected chi connectivity index (χ2v) is 12.7. The van der Waals surface area contributed by atoms with Crippen molar-refractivity contribution in [1.82, 2.24) is 20.3 Å². The third-order valence-corrected chi connectivity index (χ3v) is 9.18. The van der Waals surface area contributed by atoms with E-state index >= 15 is 0 Å². The summed E-state index contributed by atoms with van der Waals surface area (Å²) >= 11 is 0. The lowest BCUT2D eigenvalue weighted by atomic mass is 10.1. The predicted molar refractivity (Wildman–Crippen MR) is 155 cm³/mol. The number of halogens is 2. The van der Waals surface area contributed by atoms with Gasteiger partial charge in [0.25, 0.3) is 5.91 Å². The first kappa shape index (κ1) is 28.9. The van der Waals surface area contributed by atoms with E-state index in [1.165, 1.54) is 0 Å². The second kappa shape index (κ2) is 11.5. The molecule has 3 atom stereocenters. The first-order valence-corrected chi connectivity index (χ1v) is 15.4. The quantitative estimate of drug-likeness (QED) is 0.354. The van der Waals surface area contributed by atoms with Gasteiger partial charge in [-0.15, -0.1) is 0 Å². The lowest BCUT2D eigenvalue weighted by Gasteiger charge is -2.35. The number of ether oxygens (including phenoxy) is 2. The minimum atomic E-state index is -4.51. The number of rotatable bonds is 5. The Hall–Kier alpha value is -4.23. The molecular formula is C30H29F2N5O5S. The van der Waals surface area contributed by atoms with Crippen LogP contribution in [0.4, 0.5) is 14.7 Å². The molecule has 4 aromatic rings. The number of hydrogen-bond acceptors (Lipinski definition) is 9. The number of aromatic nitrogens is 3. The molecule has 43 heavy (non-hydrogen) atoms. The molecule has 13 heteroatoms. The molecule has 2 aliphatic rings. The van der Waals surface area contributed by atoms with Gasteiger partial charge in [-0.1, -0.05) is 12.1 Å². The predicted octanol–water partition coefficient (Wildman–Crippen LogP) is 4.23. The van der Waals surface area contributed by atoms with Crippen LogP contribution in [0, 0.1) is 5.82 Å². The molecule has 1 amide bonds. The van der Waals surface area contributed by atoms with Crippen molar-refractivity contribution >= 4 is 32.5 Å². The van der Waals surface area contributed by atoms with Gasteiger partial charge in [0.2, 0.25) is 21.3 Å². The van der Waals surface area contributed by atoms with Crippen molar-refractivity contribution in [2.45, 2.75) is 49.4 Å². The maximum atomic E-state index is 14.7. The monoisotopic (exact) mass is 609 g/mol. The number of sulfone groups is 1. The van der Waals surface area contributed by atoms with Crippen LogP contribution in [0.2, 0.25) is 0 Å². The van der Waals surface area contributed by atoms with Crippen molar-refractivity contribution in [2.75, 3.05) is 24.6 Å². The summed E-state index contributed by atoms with van der Waals surface area (Å²) in [4.78, 5) is 28.0. The number of hydrogen-bond donors (Lipinski definition) is 1. The number of nitrogens with one attached hydrogen (secondary N) is 1. The summed E-state index contributed by atoms with van der Waals surface area (Å²) < 4.78 is 64.9. The van der Waals surface area contributed by atoms with Gasteiger partial charge in [0.15, 0.2) is 11.6 Å². The fourth-order valence-electron chi connectivity index (χ4n) is 5.32. The maximum absolute atomic E-state index is 14.7. The fraction of sp³-hybridized carbons (Fsp3) is 0.333. The molecule has 10 nitrogen and oxygen atoms in total. The minimum Gasteiger partial charge on any atom is -0.489 e. The third-order valence-electron chi connectivity index (χ3n) is 7.36. The number of alkyl halides is 1. The van der Waals surface area contributed by atoms with Crippen LogP contribution >= 0.6 is 0 Å². The molecule has 2 aromatic heterocycles. The summed E-state index contributed by atoms with van der Waals surface area (Å²) in [7, 11) is -4.51. The zero-order chi connectivity index (χ0) is 30.3. The molecule has 0 bridgehead atoms. The normalized spacial score (nSPS) is 21.5. The Bertz CT molecular complexity index is 1810. The van der Waals surface area contributed by atoms with Gasteiger partial charge in [-0.05, 0) is 49.6 Å². The molecule has 1 saturated heterocycles. The van der Waals surface area contributed by atoms with Crippen LogP contribution in [-0.2, 0) is 21.1 Å². The van der Waals surface area contributed by atoms with Crippen molar-refractivity contribution < 1.29 is 31.5 Å². The van der Waals surface area contributed by atoms with Gasteiger partial charge >= 0.3 is 0 Å². The molecule has 1 N–H and O–H groups in total. The van der Waals surface area contributed by atoms with Gasteiger partial charge in [0, 0.05) is 48.4 Å². The van der Waals surface area contributed by atoms with E-state index < -0.39 is 44.1 Å². The average molecular weight is 610 g/mol. The summed E-state index contributed by atoms with van der Waals surface area (Å²) in [6.07, 6.45) is 3.12. The highest BCUT2D eigenvalue weighted by Crippen LogP contribution is 2.35. The number of benzene rings is 2. The summed E-state index contributed by atoms with van der Waals surface area (Å²) in [5.41, 5.74) is -0.373. The van der Waals surface area contributed by atoms with Crippen LogP contribution in [0.3, 0.4) is 0 Å². The highest BCUT2D eigenvalue weighted by Gasteiger charge is 2.35. The lowest BCUT2D eigenvalue weighted by molar-refractivity contribution is -0.00571. The van der Waals surface area contributed by atoms with E-state index in [0.29, 0.717) is 24.7 Å². The van der Waals surface area contributed by atoms with E-state index in [-0.39, 0.29) is 30.9 Å². The van der Waals surface area contributed by atoms with Gasteiger partial charge in [0.1, 0.15) is 4.90 Å². The highest BCUT2D eigenvalue weighted by atomic mass is 32.2. The number of pyridine rings is 1. The second-order valence-electron chi connectivity index (χ2n) is 10.7. The summed E-state index contributed by atoms with van der Waals surface area (Å²) in [5, 5.41) is 4.37. The Labute approximate surface area is 247 Å². The Kier molecular flexibility index (Phi) is 7.69. The van der Waals surface area contributed by atoms with E-state index in [2.05, 4.69) is 20.2 Å². The smallest absolute Gasteiger partial charge is 0.251 e. The van der Waals surface area contributed by atoms with Crippen molar-refractivity contribution in [2.24, 2.45) is 0 Å². The molecule has 0 spiro atoms. The molecule has 2 aromatic carbocycles. The summed E-state index contributed by atoms with van der Waals surface area (Å²) in [5.74, 6) is -1.74. The van der Waals surface area contributed by atoms with Crippen LogP contribution in [-0.4, -0.2) is 66.7 Å². The molecule has 6 rings (SSSR count). The van der Waals surface area contributed by atoms with Gasteiger partial charge in [-0.2, -0.15) is 0 Å². The standard InChI is InChI=1S/C30H29F2N5O5S/c1-17-15-37(16-18(2)42-17)30-33-7-5-25(36-30)19-3-4-20-13-34-23(10-21(20)9-19)14-35-29(38)22-11-24(31)28-26(12-22)43(39,40)27(32)6-8-41-28/h3-5,7,9-13,17-18,27H,6,8,14-16H2,1-2H3,(H,35,38)/t17-,18+,27-/m1/s1. The van der Waals surface area contributed by atoms with E-state index in [9.17, 15) is 22.0 Å². The zero-order valence-electron chi connectivity index (χ0n) is 23.5. The van der Waals surface area contributed by atoms with Crippen molar-refractivity contribution in [3.63, 3.8) is 0 Å². The zero-order valence-corrected chi connectivity index (χ0v) is 24.3. The Morgan fingerprint density at radius 1 is 1.07 bits per heavy atom. The van der Waals surface area contributed by atoms with Gasteiger partial charge in [0.05, 0.1) is 36.7 Å². The number of amides is 1. The maximum Gasteiger partial charge on any atom is 0.251 e. The van der Waals surface area contributed by atoms with E-state index in [1.54, 1.807) is 12.4 Å². The summed E-state index contributed by atoms with van der Waals surface area (Å²) in [6.45, 7) is 5.13. The van der Waals surface area contributed by atoms with Crippen LogP contribution in [0.1, 0.15) is 36.3 Å². The van der Waals surface area contributed by atoms with Gasteiger partial charge in [-0.3, -0.25) is 9.78 Å². The van der Waals surface area contributed by atoms with Crippen LogP contribution in [0.15, 0.2) is 59.8 Å². The van der Waals surface area contributed by atoms with Crippen LogP contribution < -0.4 is 15.0 Å². The van der Waals surface area contributed by atoms with Crippen LogP contribution in [0.5, 0.6) is 5.75 Å². The molecule has 2 aliphatic heterocycles. The average Bonchev–Trinajstić information content (AvgIpc) is 3.10. The minimum absolute atomic E-state index is 0.0161. The Morgan fingerprint density at radius 2 is 1.86 bits per heavy atom. The fourth-order valence-corrected chi connectivity index (χ4v) is 6.70. The molecule has 0 unspecified atom stereocenters. The number of fused-ring (bicyclic) bond motifs is 2. The van der Waals surface area contributed by atoms with E-state index in [1.807, 2.05) is 44.2 Å². The van der Waals surface area contributed by atoms with Crippen LogP contribution in [0.25, 0.3) is 22.0 Å². The molecule has 0 saturated carbocycles. The number of carbonyl (C=O) groups excluding carboxylic acids is 1. The van der Waals surface area contributed by atoms with Gasteiger partial charge in [-0.25, -0.2) is 27.2 Å².